The van der Waals surface area contributed by atoms with Gasteiger partial charge < -0.3 is 25.2 Å². The van der Waals surface area contributed by atoms with E-state index in [0.717, 1.165) is 7.11 Å². The van der Waals surface area contributed by atoms with Crippen LogP contribution in [0.1, 0.15) is 12.8 Å². The van der Waals surface area contributed by atoms with Gasteiger partial charge in [0.15, 0.2) is 0 Å². The number of carboxylic acids is 1. The Morgan fingerprint density at radius 1 is 1.53 bits per heavy atom. The van der Waals surface area contributed by atoms with Crippen molar-refractivity contribution in [2.24, 2.45) is 0 Å². The predicted molar refractivity (Wildman–Crippen MR) is 63.4 cm³/mol. The molecule has 0 spiro atoms. The van der Waals surface area contributed by atoms with Gasteiger partial charge in [0.2, 0.25) is 5.91 Å². The fraction of sp³-hybridized carbons (Fsp3) is 0.727. The summed E-state index contributed by atoms with van der Waals surface area (Å²) in [5.74, 6) is -2.40. The molecule has 0 bridgehead atoms. The van der Waals surface area contributed by atoms with Crippen molar-refractivity contribution in [1.82, 2.24) is 10.6 Å². The molecule has 1 aliphatic rings. The van der Waals surface area contributed by atoms with E-state index in [1.165, 1.54) is 0 Å². The molecule has 8 nitrogen and oxygen atoms in total. The summed E-state index contributed by atoms with van der Waals surface area (Å²) in [5.41, 5.74) is 0. The molecule has 3 N–H and O–H groups in total. The number of carboxylic acid groups (broad SMARTS) is 1. The number of methoxy groups -OCH3 is 1. The molecule has 0 aliphatic carbocycles. The predicted octanol–water partition coefficient (Wildman–Crippen LogP) is -1.50. The molecule has 1 heterocycles. The third kappa shape index (κ3) is 5.66. The lowest BCUT2D eigenvalue weighted by Crippen LogP contribution is -2.47. The van der Waals surface area contributed by atoms with Crippen molar-refractivity contribution in [1.29, 1.82) is 0 Å². The fourth-order valence-corrected chi connectivity index (χ4v) is 1.68. The number of aliphatic carboxylic acids is 1. The highest BCUT2D eigenvalue weighted by Crippen LogP contribution is 2.01. The largest absolute Gasteiger partial charge is 0.480 e. The van der Waals surface area contributed by atoms with Crippen LogP contribution in [0.5, 0.6) is 0 Å². The van der Waals surface area contributed by atoms with Gasteiger partial charge in [-0.3, -0.25) is 9.59 Å². The number of carbonyl (C=O) groups excluding carboxylic acids is 2. The summed E-state index contributed by atoms with van der Waals surface area (Å²) in [5, 5.41) is 14.3. The average Bonchev–Trinajstić information content (AvgIpc) is 2.38. The van der Waals surface area contributed by atoms with Gasteiger partial charge in [0.25, 0.3) is 0 Å². The molecular weight excluding hydrogens is 256 g/mol. The van der Waals surface area contributed by atoms with Crippen molar-refractivity contribution in [3.8, 4) is 0 Å². The zero-order chi connectivity index (χ0) is 14.3. The van der Waals surface area contributed by atoms with Gasteiger partial charge in [0, 0.05) is 19.0 Å². The second-order valence-electron chi connectivity index (χ2n) is 4.17. The van der Waals surface area contributed by atoms with E-state index >= 15 is 0 Å². The van der Waals surface area contributed by atoms with Crippen LogP contribution in [0.3, 0.4) is 0 Å². The Morgan fingerprint density at radius 2 is 2.26 bits per heavy atom. The van der Waals surface area contributed by atoms with Gasteiger partial charge in [0.05, 0.1) is 26.7 Å². The first-order valence-corrected chi connectivity index (χ1v) is 5.93. The van der Waals surface area contributed by atoms with Crippen LogP contribution in [0, 0.1) is 0 Å². The van der Waals surface area contributed by atoms with Crippen LogP contribution in [-0.4, -0.2) is 61.9 Å². The number of ether oxygens (including phenoxy) is 2. The average molecular weight is 274 g/mol. The molecule has 8 heteroatoms. The summed E-state index contributed by atoms with van der Waals surface area (Å²) in [7, 11) is 1.16. The lowest BCUT2D eigenvalue weighted by atomic mass is 10.1. The first-order chi connectivity index (χ1) is 9.02. The van der Waals surface area contributed by atoms with Crippen LogP contribution < -0.4 is 10.6 Å². The van der Waals surface area contributed by atoms with E-state index in [0.29, 0.717) is 19.8 Å². The zero-order valence-corrected chi connectivity index (χ0v) is 10.7. The van der Waals surface area contributed by atoms with Gasteiger partial charge in [-0.1, -0.05) is 0 Å². The summed E-state index contributed by atoms with van der Waals surface area (Å²) >= 11 is 0. The fourth-order valence-electron chi connectivity index (χ4n) is 1.68. The minimum atomic E-state index is -1.27. The Hall–Kier alpha value is -1.67. The topological polar surface area (TPSA) is 114 Å². The molecule has 19 heavy (non-hydrogen) atoms. The van der Waals surface area contributed by atoms with Gasteiger partial charge in [-0.05, 0) is 0 Å². The van der Waals surface area contributed by atoms with Gasteiger partial charge in [0.1, 0.15) is 6.04 Å². The van der Waals surface area contributed by atoms with Crippen LogP contribution in [0.2, 0.25) is 0 Å². The van der Waals surface area contributed by atoms with Gasteiger partial charge in [-0.25, -0.2) is 4.79 Å². The van der Waals surface area contributed by atoms with Crippen molar-refractivity contribution in [3.63, 3.8) is 0 Å². The van der Waals surface area contributed by atoms with Gasteiger partial charge in [-0.15, -0.1) is 0 Å². The van der Waals surface area contributed by atoms with E-state index in [2.05, 4.69) is 15.4 Å². The lowest BCUT2D eigenvalue weighted by molar-refractivity contribution is -0.148. The molecule has 0 aromatic carbocycles. The number of amides is 1. The van der Waals surface area contributed by atoms with Crippen LogP contribution in [0.4, 0.5) is 0 Å². The van der Waals surface area contributed by atoms with E-state index in [4.69, 9.17) is 9.84 Å². The zero-order valence-electron chi connectivity index (χ0n) is 10.7. The minimum absolute atomic E-state index is 0.102. The van der Waals surface area contributed by atoms with E-state index in [1.54, 1.807) is 0 Å². The highest BCUT2D eigenvalue weighted by Gasteiger charge is 2.25. The van der Waals surface area contributed by atoms with Crippen molar-refractivity contribution >= 4 is 17.8 Å². The second kappa shape index (κ2) is 7.70. The molecule has 1 unspecified atom stereocenters. The molecular formula is C11H18N2O6. The third-order valence-corrected chi connectivity index (χ3v) is 2.66. The molecule has 1 rings (SSSR count). The first-order valence-electron chi connectivity index (χ1n) is 5.93. The van der Waals surface area contributed by atoms with Crippen molar-refractivity contribution < 1.29 is 29.0 Å². The maximum Gasteiger partial charge on any atom is 0.326 e. The number of esters is 1. The van der Waals surface area contributed by atoms with Gasteiger partial charge >= 0.3 is 11.9 Å². The molecule has 0 aromatic heterocycles. The molecule has 0 radical (unpaired) electrons. The summed E-state index contributed by atoms with van der Waals surface area (Å²) in [6.07, 6.45) is -0.295. The number of hydrogen-bond donors (Lipinski definition) is 3. The van der Waals surface area contributed by atoms with Crippen LogP contribution in [0.15, 0.2) is 0 Å². The van der Waals surface area contributed by atoms with Crippen LogP contribution in [0.25, 0.3) is 0 Å². The smallest absolute Gasteiger partial charge is 0.326 e. The number of morpholine rings is 1. The highest BCUT2D eigenvalue weighted by molar-refractivity contribution is 5.87. The van der Waals surface area contributed by atoms with Crippen LogP contribution in [-0.2, 0) is 23.9 Å². The van der Waals surface area contributed by atoms with E-state index in [-0.39, 0.29) is 12.5 Å². The SMILES string of the molecule is COC(=O)C[C@H](NC(=O)CC1COCCN1)C(=O)O. The molecule has 1 aliphatic heterocycles. The molecule has 1 fully saturated rings. The summed E-state index contributed by atoms with van der Waals surface area (Å²) in [4.78, 5) is 33.6. The molecule has 0 saturated carbocycles. The van der Waals surface area contributed by atoms with Crippen molar-refractivity contribution in [2.45, 2.75) is 24.9 Å². The van der Waals surface area contributed by atoms with E-state index in [9.17, 15) is 14.4 Å². The number of nitrogens with one attached hydrogen (secondary N) is 2. The maximum atomic E-state index is 11.7. The van der Waals surface area contributed by atoms with E-state index < -0.39 is 30.3 Å². The molecule has 1 amide bonds. The van der Waals surface area contributed by atoms with Crippen molar-refractivity contribution in [2.75, 3.05) is 26.9 Å². The first kappa shape index (κ1) is 15.4. The molecule has 2 atom stereocenters. The standard InChI is InChI=1S/C11H18N2O6/c1-18-10(15)5-8(11(16)17)13-9(14)4-7-6-19-3-2-12-7/h7-8,12H,2-6H2,1H3,(H,13,14)(H,16,17)/t7?,8-/m0/s1. The Labute approximate surface area is 110 Å². The number of carbonyl (C=O) groups is 3. The number of rotatable bonds is 6. The van der Waals surface area contributed by atoms with Gasteiger partial charge in [-0.2, -0.15) is 0 Å². The number of hydrogen-bond acceptors (Lipinski definition) is 6. The Kier molecular flexibility index (Phi) is 6.23. The summed E-state index contributed by atoms with van der Waals surface area (Å²) < 4.78 is 9.56. The summed E-state index contributed by atoms with van der Waals surface area (Å²) in [6, 6.07) is -1.41. The molecule has 0 aromatic rings. The van der Waals surface area contributed by atoms with Crippen molar-refractivity contribution in [3.05, 3.63) is 0 Å². The maximum absolute atomic E-state index is 11.7. The monoisotopic (exact) mass is 274 g/mol. The Bertz CT molecular complexity index is 340. The Balaban J connectivity index is 2.41. The van der Waals surface area contributed by atoms with Crippen LogP contribution >= 0.6 is 0 Å². The minimum Gasteiger partial charge on any atom is -0.480 e. The van der Waals surface area contributed by atoms with E-state index in [1.807, 2.05) is 0 Å². The molecule has 1 saturated heterocycles. The third-order valence-electron chi connectivity index (χ3n) is 2.66. The normalized spacial score (nSPS) is 20.4. The Morgan fingerprint density at radius 3 is 2.79 bits per heavy atom. The lowest BCUT2D eigenvalue weighted by Gasteiger charge is -2.23. The highest BCUT2D eigenvalue weighted by atomic mass is 16.5. The molecule has 108 valence electrons. The second-order valence-corrected chi connectivity index (χ2v) is 4.17. The quantitative estimate of drug-likeness (QED) is 0.505. The summed E-state index contributed by atoms with van der Waals surface area (Å²) in [6.45, 7) is 1.66.